The van der Waals surface area contributed by atoms with Crippen LogP contribution in [0.5, 0.6) is 0 Å². The van der Waals surface area contributed by atoms with E-state index in [0.717, 1.165) is 25.1 Å². The van der Waals surface area contributed by atoms with Crippen LogP contribution in [0.4, 0.5) is 13.2 Å². The molecule has 2 rings (SSSR count). The summed E-state index contributed by atoms with van der Waals surface area (Å²) < 4.78 is 65.0. The van der Waals surface area contributed by atoms with E-state index in [2.05, 4.69) is 10.0 Å². The van der Waals surface area contributed by atoms with Gasteiger partial charge in [0.15, 0.2) is 0 Å². The Morgan fingerprint density at radius 2 is 2.09 bits per heavy atom. The summed E-state index contributed by atoms with van der Waals surface area (Å²) in [5.41, 5.74) is -1.86. The molecule has 1 aliphatic rings. The maximum atomic E-state index is 12.7. The predicted octanol–water partition coefficient (Wildman–Crippen LogP) is 1.61. The van der Waals surface area contributed by atoms with E-state index in [4.69, 9.17) is 5.26 Å². The molecule has 0 radical (unpaired) electrons. The fourth-order valence-corrected chi connectivity index (χ4v) is 3.57. The summed E-state index contributed by atoms with van der Waals surface area (Å²) in [4.78, 5) is -0.345. The highest BCUT2D eigenvalue weighted by molar-refractivity contribution is 7.89. The molecule has 0 unspecified atom stereocenters. The number of rotatable bonds is 3. The third-order valence-corrected chi connectivity index (χ3v) is 4.86. The first kappa shape index (κ1) is 16.7. The van der Waals surface area contributed by atoms with Crippen molar-refractivity contribution in [3.63, 3.8) is 0 Å². The summed E-state index contributed by atoms with van der Waals surface area (Å²) in [6.45, 7) is 1.27. The fraction of sp³-hybridized carbons (Fsp3) is 0.462. The minimum atomic E-state index is -4.70. The second-order valence-corrected chi connectivity index (χ2v) is 6.70. The summed E-state index contributed by atoms with van der Waals surface area (Å²) in [6.07, 6.45) is -3.24. The van der Waals surface area contributed by atoms with Crippen molar-refractivity contribution < 1.29 is 21.6 Å². The number of nitriles is 1. The Morgan fingerprint density at radius 3 is 2.64 bits per heavy atom. The van der Waals surface area contributed by atoms with Gasteiger partial charge in [-0.3, -0.25) is 0 Å². The van der Waals surface area contributed by atoms with Crippen LogP contribution in [0.25, 0.3) is 0 Å². The second-order valence-electron chi connectivity index (χ2n) is 4.98. The lowest BCUT2D eigenvalue weighted by atomic mass is 10.1. The largest absolute Gasteiger partial charge is 0.417 e. The Kier molecular flexibility index (Phi) is 4.75. The molecule has 9 heteroatoms. The molecule has 5 nitrogen and oxygen atoms in total. The van der Waals surface area contributed by atoms with Gasteiger partial charge in [0.2, 0.25) is 10.0 Å². The predicted molar refractivity (Wildman–Crippen MR) is 72.4 cm³/mol. The number of sulfonamides is 1. The molecule has 1 fully saturated rings. The first-order valence-corrected chi connectivity index (χ1v) is 8.07. The van der Waals surface area contributed by atoms with Gasteiger partial charge >= 0.3 is 6.18 Å². The van der Waals surface area contributed by atoms with E-state index >= 15 is 0 Å². The SMILES string of the molecule is N#Cc1cc(S(=O)(=O)N[C@@H]2CCCNC2)ccc1C(F)(F)F. The van der Waals surface area contributed by atoms with Crippen LogP contribution in [-0.2, 0) is 16.2 Å². The zero-order valence-electron chi connectivity index (χ0n) is 11.4. The van der Waals surface area contributed by atoms with Crippen LogP contribution in [0.1, 0.15) is 24.0 Å². The number of nitrogens with one attached hydrogen (secondary N) is 2. The number of hydrogen-bond donors (Lipinski definition) is 2. The molecule has 0 spiro atoms. The highest BCUT2D eigenvalue weighted by atomic mass is 32.2. The monoisotopic (exact) mass is 333 g/mol. The van der Waals surface area contributed by atoms with Gasteiger partial charge in [0.25, 0.3) is 0 Å². The number of alkyl halides is 3. The lowest BCUT2D eigenvalue weighted by Crippen LogP contribution is -2.45. The van der Waals surface area contributed by atoms with Crippen LogP contribution in [0, 0.1) is 11.3 Å². The van der Waals surface area contributed by atoms with Gasteiger partial charge in [-0.05, 0) is 37.6 Å². The first-order valence-electron chi connectivity index (χ1n) is 6.58. The number of nitrogens with zero attached hydrogens (tertiary/aromatic N) is 1. The molecule has 0 aromatic heterocycles. The van der Waals surface area contributed by atoms with E-state index in [0.29, 0.717) is 19.0 Å². The standard InChI is InChI=1S/C13H14F3N3O2S/c14-13(15,16)12-4-3-11(6-9(12)7-17)22(20,21)19-10-2-1-5-18-8-10/h3-4,6,10,18-19H,1-2,5,8H2/t10-/m1/s1. The average Bonchev–Trinajstić information content (AvgIpc) is 2.46. The smallest absolute Gasteiger partial charge is 0.315 e. The van der Waals surface area contributed by atoms with Gasteiger partial charge < -0.3 is 5.32 Å². The van der Waals surface area contributed by atoms with Crippen molar-refractivity contribution in [2.24, 2.45) is 0 Å². The van der Waals surface area contributed by atoms with E-state index < -0.39 is 27.3 Å². The third-order valence-electron chi connectivity index (χ3n) is 3.35. The van der Waals surface area contributed by atoms with Gasteiger partial charge in [0.1, 0.15) is 0 Å². The van der Waals surface area contributed by atoms with Crippen molar-refractivity contribution in [1.82, 2.24) is 10.0 Å². The molecular weight excluding hydrogens is 319 g/mol. The van der Waals surface area contributed by atoms with Gasteiger partial charge in [0, 0.05) is 12.6 Å². The molecule has 0 bridgehead atoms. The molecular formula is C13H14F3N3O2S. The maximum absolute atomic E-state index is 12.7. The Balaban J connectivity index is 2.30. The van der Waals surface area contributed by atoms with Crippen LogP contribution in [0.3, 0.4) is 0 Å². The average molecular weight is 333 g/mol. The number of piperidine rings is 1. The topological polar surface area (TPSA) is 82.0 Å². The van der Waals surface area contributed by atoms with E-state index in [1.807, 2.05) is 0 Å². The van der Waals surface area contributed by atoms with Crippen molar-refractivity contribution in [3.8, 4) is 6.07 Å². The molecule has 0 amide bonds. The quantitative estimate of drug-likeness (QED) is 0.880. The van der Waals surface area contributed by atoms with Crippen molar-refractivity contribution in [3.05, 3.63) is 29.3 Å². The van der Waals surface area contributed by atoms with Crippen molar-refractivity contribution in [2.45, 2.75) is 30.0 Å². The van der Waals surface area contributed by atoms with Crippen LogP contribution in [0.15, 0.2) is 23.1 Å². The van der Waals surface area contributed by atoms with Crippen LogP contribution < -0.4 is 10.0 Å². The molecule has 120 valence electrons. The van der Waals surface area contributed by atoms with Gasteiger partial charge in [0.05, 0.1) is 22.1 Å². The highest BCUT2D eigenvalue weighted by Crippen LogP contribution is 2.32. The number of halogens is 3. The van der Waals surface area contributed by atoms with Crippen LogP contribution in [0.2, 0.25) is 0 Å². The highest BCUT2D eigenvalue weighted by Gasteiger charge is 2.34. The second kappa shape index (κ2) is 6.24. The van der Waals surface area contributed by atoms with E-state index in [9.17, 15) is 21.6 Å². The van der Waals surface area contributed by atoms with Crippen molar-refractivity contribution in [1.29, 1.82) is 5.26 Å². The minimum Gasteiger partial charge on any atom is -0.315 e. The molecule has 1 heterocycles. The van der Waals surface area contributed by atoms with Gasteiger partial charge in [-0.25, -0.2) is 13.1 Å². The Labute approximate surface area is 126 Å². The summed E-state index contributed by atoms with van der Waals surface area (Å²) in [7, 11) is -3.96. The summed E-state index contributed by atoms with van der Waals surface area (Å²) in [6, 6.07) is 3.31. The van der Waals surface area contributed by atoms with Crippen LogP contribution >= 0.6 is 0 Å². The Hall–Kier alpha value is -1.63. The number of benzene rings is 1. The normalized spacial score (nSPS) is 19.6. The number of hydrogen-bond acceptors (Lipinski definition) is 4. The Bertz CT molecular complexity index is 689. The van der Waals surface area contributed by atoms with Gasteiger partial charge in [-0.1, -0.05) is 0 Å². The third kappa shape index (κ3) is 3.76. The first-order chi connectivity index (χ1) is 10.2. The van der Waals surface area contributed by atoms with Crippen LogP contribution in [-0.4, -0.2) is 27.5 Å². The molecule has 1 aromatic rings. The Morgan fingerprint density at radius 1 is 1.36 bits per heavy atom. The maximum Gasteiger partial charge on any atom is 0.417 e. The van der Waals surface area contributed by atoms with E-state index in [1.165, 1.54) is 6.07 Å². The molecule has 0 saturated carbocycles. The molecule has 1 aliphatic heterocycles. The summed E-state index contributed by atoms with van der Waals surface area (Å²) in [5, 5.41) is 11.9. The zero-order valence-corrected chi connectivity index (χ0v) is 12.3. The summed E-state index contributed by atoms with van der Waals surface area (Å²) in [5.74, 6) is 0. The molecule has 22 heavy (non-hydrogen) atoms. The zero-order chi connectivity index (χ0) is 16.4. The molecule has 2 N–H and O–H groups in total. The fourth-order valence-electron chi connectivity index (χ4n) is 2.27. The van der Waals surface area contributed by atoms with E-state index in [1.54, 1.807) is 0 Å². The van der Waals surface area contributed by atoms with Gasteiger partial charge in [-0.15, -0.1) is 0 Å². The van der Waals surface area contributed by atoms with Crippen molar-refractivity contribution in [2.75, 3.05) is 13.1 Å². The lowest BCUT2D eigenvalue weighted by Gasteiger charge is -2.23. The molecule has 1 saturated heterocycles. The van der Waals surface area contributed by atoms with Crippen molar-refractivity contribution >= 4 is 10.0 Å². The lowest BCUT2D eigenvalue weighted by molar-refractivity contribution is -0.137. The molecule has 1 aromatic carbocycles. The van der Waals surface area contributed by atoms with Gasteiger partial charge in [-0.2, -0.15) is 18.4 Å². The molecule has 0 aliphatic carbocycles. The molecule has 1 atom stereocenters. The summed E-state index contributed by atoms with van der Waals surface area (Å²) >= 11 is 0. The minimum absolute atomic E-state index is 0.313. The van der Waals surface area contributed by atoms with E-state index in [-0.39, 0.29) is 10.9 Å².